The van der Waals surface area contributed by atoms with Gasteiger partial charge in [-0.25, -0.2) is 9.59 Å². The zero-order chi connectivity index (χ0) is 17.1. The van der Waals surface area contributed by atoms with Gasteiger partial charge in [-0.05, 0) is 44.4 Å². The Morgan fingerprint density at radius 3 is 2.96 bits per heavy atom. The Bertz CT molecular complexity index is 519. The van der Waals surface area contributed by atoms with Crippen LogP contribution in [0.1, 0.15) is 52.9 Å². The number of rotatable bonds is 6. The van der Waals surface area contributed by atoms with E-state index in [1.54, 1.807) is 13.0 Å². The molecule has 0 aromatic carbocycles. The summed E-state index contributed by atoms with van der Waals surface area (Å²) in [5.74, 6) is 4.52. The van der Waals surface area contributed by atoms with Crippen molar-refractivity contribution in [3.8, 4) is 11.8 Å². The molecule has 0 bridgehead atoms. The van der Waals surface area contributed by atoms with Crippen LogP contribution in [0.5, 0.6) is 0 Å². The predicted molar refractivity (Wildman–Crippen MR) is 89.4 cm³/mol. The highest BCUT2D eigenvalue weighted by atomic mass is 16.5. The van der Waals surface area contributed by atoms with Crippen molar-refractivity contribution in [1.29, 1.82) is 0 Å². The van der Waals surface area contributed by atoms with E-state index in [9.17, 15) is 9.59 Å². The Morgan fingerprint density at radius 1 is 1.48 bits per heavy atom. The van der Waals surface area contributed by atoms with Gasteiger partial charge in [0.15, 0.2) is 6.10 Å². The summed E-state index contributed by atoms with van der Waals surface area (Å²) in [6.45, 7) is 6.21. The molecule has 0 heterocycles. The van der Waals surface area contributed by atoms with Crippen molar-refractivity contribution in [2.24, 2.45) is 5.92 Å². The molecule has 0 unspecified atom stereocenters. The highest BCUT2D eigenvalue weighted by molar-refractivity contribution is 5.88. The van der Waals surface area contributed by atoms with Crippen molar-refractivity contribution in [3.63, 3.8) is 0 Å². The molecule has 0 N–H and O–H groups in total. The maximum atomic E-state index is 11.7. The number of carbonyl (C=O) groups is 2. The van der Waals surface area contributed by atoms with Crippen molar-refractivity contribution in [2.75, 3.05) is 6.61 Å². The fourth-order valence-corrected chi connectivity index (χ4v) is 2.20. The molecule has 0 spiro atoms. The van der Waals surface area contributed by atoms with Crippen LogP contribution in [0.15, 0.2) is 23.8 Å². The van der Waals surface area contributed by atoms with Gasteiger partial charge in [-0.15, -0.1) is 0 Å². The summed E-state index contributed by atoms with van der Waals surface area (Å²) in [5.41, 5.74) is 1.17. The summed E-state index contributed by atoms with van der Waals surface area (Å²) in [4.78, 5) is 23.0. The molecule has 4 heteroatoms. The Morgan fingerprint density at radius 2 is 2.26 bits per heavy atom. The molecule has 4 nitrogen and oxygen atoms in total. The van der Waals surface area contributed by atoms with Gasteiger partial charge in [0.25, 0.3) is 0 Å². The lowest BCUT2D eigenvalue weighted by atomic mass is 9.90. The number of unbranched alkanes of at least 4 members (excludes halogenated alkanes) is 1. The second kappa shape index (κ2) is 10.7. The molecule has 1 aliphatic carbocycles. The molecule has 0 saturated heterocycles. The van der Waals surface area contributed by atoms with E-state index in [1.165, 1.54) is 18.1 Å². The van der Waals surface area contributed by atoms with Gasteiger partial charge < -0.3 is 9.47 Å². The number of carbonyl (C=O) groups excluding carboxylic acids is 2. The Balaban J connectivity index is 2.36. The number of ether oxygens (including phenoxy) is 2. The Kier molecular flexibility index (Phi) is 8.82. The highest BCUT2D eigenvalue weighted by Crippen LogP contribution is 2.23. The average molecular weight is 318 g/mol. The van der Waals surface area contributed by atoms with E-state index in [4.69, 9.17) is 9.47 Å². The number of esters is 2. The summed E-state index contributed by atoms with van der Waals surface area (Å²) >= 11 is 0. The fourth-order valence-electron chi connectivity index (χ4n) is 2.20. The van der Waals surface area contributed by atoms with Gasteiger partial charge >= 0.3 is 11.9 Å². The normalized spacial score (nSPS) is 18.6. The van der Waals surface area contributed by atoms with Gasteiger partial charge in [-0.2, -0.15) is 0 Å². The van der Waals surface area contributed by atoms with Gasteiger partial charge in [0.2, 0.25) is 0 Å². The summed E-state index contributed by atoms with van der Waals surface area (Å²) in [5, 5.41) is 0. The van der Waals surface area contributed by atoms with E-state index in [0.29, 0.717) is 12.5 Å². The first kappa shape index (κ1) is 19.0. The van der Waals surface area contributed by atoms with Gasteiger partial charge in [-0.1, -0.05) is 38.0 Å². The number of hydrogen-bond donors (Lipinski definition) is 0. The van der Waals surface area contributed by atoms with Crippen molar-refractivity contribution in [3.05, 3.63) is 23.8 Å². The third-order valence-electron chi connectivity index (χ3n) is 3.49. The van der Waals surface area contributed by atoms with E-state index in [-0.39, 0.29) is 0 Å². The van der Waals surface area contributed by atoms with Gasteiger partial charge in [0.05, 0.1) is 6.61 Å². The minimum Gasteiger partial charge on any atom is -0.456 e. The van der Waals surface area contributed by atoms with Crippen molar-refractivity contribution >= 4 is 11.9 Å². The van der Waals surface area contributed by atoms with Gasteiger partial charge in [0.1, 0.15) is 0 Å². The molecule has 1 rings (SSSR count). The van der Waals surface area contributed by atoms with Crippen LogP contribution in [-0.4, -0.2) is 24.6 Å². The molecule has 126 valence electrons. The molecule has 23 heavy (non-hydrogen) atoms. The third-order valence-corrected chi connectivity index (χ3v) is 3.49. The lowest BCUT2D eigenvalue weighted by molar-refractivity contribution is -0.140. The van der Waals surface area contributed by atoms with E-state index in [2.05, 4.69) is 24.8 Å². The van der Waals surface area contributed by atoms with E-state index in [1.807, 2.05) is 6.92 Å². The first-order chi connectivity index (χ1) is 11.0. The first-order valence-corrected chi connectivity index (χ1v) is 8.27. The molecule has 0 radical (unpaired) electrons. The molecule has 2 atom stereocenters. The van der Waals surface area contributed by atoms with Gasteiger partial charge in [-0.3, -0.25) is 0 Å². The Labute approximate surface area is 138 Å². The lowest BCUT2D eigenvalue weighted by Crippen LogP contribution is -2.12. The van der Waals surface area contributed by atoms with Crippen molar-refractivity contribution in [2.45, 2.75) is 59.0 Å². The molecular weight excluding hydrogens is 292 g/mol. The van der Waals surface area contributed by atoms with Crippen LogP contribution >= 0.6 is 0 Å². The number of allylic oxidation sites excluding steroid dienone is 3. The Hall–Kier alpha value is -2.02. The number of hydrogen-bond acceptors (Lipinski definition) is 4. The topological polar surface area (TPSA) is 52.6 Å². The maximum absolute atomic E-state index is 11.7. The second-order valence-corrected chi connectivity index (χ2v) is 5.84. The van der Waals surface area contributed by atoms with Crippen LogP contribution in [0.3, 0.4) is 0 Å². The maximum Gasteiger partial charge on any atom is 0.384 e. The molecule has 0 aromatic rings. The van der Waals surface area contributed by atoms with Crippen molar-refractivity contribution in [1.82, 2.24) is 0 Å². The van der Waals surface area contributed by atoms with E-state index >= 15 is 0 Å². The smallest absolute Gasteiger partial charge is 0.384 e. The molecule has 0 amide bonds. The summed E-state index contributed by atoms with van der Waals surface area (Å²) in [7, 11) is 0. The minimum absolute atomic E-state index is 0.369. The molecule has 1 aliphatic rings. The largest absolute Gasteiger partial charge is 0.456 e. The van der Waals surface area contributed by atoms with Crippen LogP contribution in [0.25, 0.3) is 0 Å². The lowest BCUT2D eigenvalue weighted by Gasteiger charge is -2.16. The van der Waals surface area contributed by atoms with Crippen LogP contribution in [0.2, 0.25) is 0 Å². The average Bonchev–Trinajstić information content (AvgIpc) is 2.51. The summed E-state index contributed by atoms with van der Waals surface area (Å²) in [6.07, 6.45) is 9.74. The van der Waals surface area contributed by atoms with Crippen molar-refractivity contribution < 1.29 is 19.1 Å². The minimum atomic E-state index is -0.648. The third kappa shape index (κ3) is 8.87. The molecule has 0 aromatic heterocycles. The quantitative estimate of drug-likeness (QED) is 0.247. The zero-order valence-corrected chi connectivity index (χ0v) is 14.3. The van der Waals surface area contributed by atoms with Crippen LogP contribution in [0, 0.1) is 17.8 Å². The monoisotopic (exact) mass is 318 g/mol. The summed E-state index contributed by atoms with van der Waals surface area (Å²) in [6, 6.07) is 0. The van der Waals surface area contributed by atoms with E-state index < -0.39 is 18.0 Å². The van der Waals surface area contributed by atoms with Gasteiger partial charge in [0, 0.05) is 12.0 Å². The molecular formula is C19H26O4. The molecule has 0 fully saturated rings. The zero-order valence-electron chi connectivity index (χ0n) is 14.3. The SMILES string of the molecule is CCCCOC(=O)C#C[C@@H](C)OC(=O)/C=C/C1=CCC[C@@H](C)C1. The standard InChI is InChI=1S/C19H26O4/c1-4-5-13-22-18(20)11-9-16(3)23-19(21)12-10-17-8-6-7-15(2)14-17/h8,10,12,15-16H,4-7,13-14H2,1-3H3/b12-10+/t15-,16-/m1/s1. The van der Waals surface area contributed by atoms with E-state index in [0.717, 1.165) is 25.7 Å². The molecule has 0 aliphatic heterocycles. The van der Waals surface area contributed by atoms with Crippen LogP contribution in [0.4, 0.5) is 0 Å². The highest BCUT2D eigenvalue weighted by Gasteiger charge is 2.09. The fraction of sp³-hybridized carbons (Fsp3) is 0.579. The van der Waals surface area contributed by atoms with Crippen LogP contribution < -0.4 is 0 Å². The van der Waals surface area contributed by atoms with Crippen LogP contribution in [-0.2, 0) is 19.1 Å². The second-order valence-electron chi connectivity index (χ2n) is 5.84. The predicted octanol–water partition coefficient (Wildman–Crippen LogP) is 3.57. The first-order valence-electron chi connectivity index (χ1n) is 8.27. The molecule has 0 saturated carbocycles. The summed E-state index contributed by atoms with van der Waals surface area (Å²) < 4.78 is 10.0.